The highest BCUT2D eigenvalue weighted by Crippen LogP contribution is 2.22. The summed E-state index contributed by atoms with van der Waals surface area (Å²) in [6.45, 7) is 1.73. The molecule has 4 nitrogen and oxygen atoms in total. The molecule has 0 bridgehead atoms. The molecule has 19 heavy (non-hydrogen) atoms. The lowest BCUT2D eigenvalue weighted by Gasteiger charge is -2.11. The Bertz CT molecular complexity index is 697. The lowest BCUT2D eigenvalue weighted by Crippen LogP contribution is -2.14. The first-order valence-electron chi connectivity index (χ1n) is 5.53. The topological polar surface area (TPSA) is 72.2 Å². The summed E-state index contributed by atoms with van der Waals surface area (Å²) >= 11 is 3.30. The van der Waals surface area contributed by atoms with E-state index in [9.17, 15) is 8.42 Å². The van der Waals surface area contributed by atoms with Gasteiger partial charge in [0.05, 0.1) is 4.90 Å². The zero-order valence-electron chi connectivity index (χ0n) is 10.2. The fourth-order valence-corrected chi connectivity index (χ4v) is 3.24. The van der Waals surface area contributed by atoms with Gasteiger partial charge < -0.3 is 5.73 Å². The maximum atomic E-state index is 12.3. The van der Waals surface area contributed by atoms with E-state index < -0.39 is 10.0 Å². The Morgan fingerprint density at radius 2 is 1.74 bits per heavy atom. The van der Waals surface area contributed by atoms with Crippen molar-refractivity contribution in [2.45, 2.75) is 11.8 Å². The molecule has 0 spiro atoms. The van der Waals surface area contributed by atoms with Gasteiger partial charge in [-0.15, -0.1) is 0 Å². The van der Waals surface area contributed by atoms with E-state index >= 15 is 0 Å². The van der Waals surface area contributed by atoms with E-state index in [1.165, 1.54) is 6.07 Å². The van der Waals surface area contributed by atoms with Crippen LogP contribution in [-0.2, 0) is 10.0 Å². The predicted molar refractivity (Wildman–Crippen MR) is 80.5 cm³/mol. The summed E-state index contributed by atoms with van der Waals surface area (Å²) in [4.78, 5) is 0.190. The van der Waals surface area contributed by atoms with Crippen LogP contribution in [0.5, 0.6) is 0 Å². The number of benzene rings is 2. The first-order chi connectivity index (χ1) is 8.88. The van der Waals surface area contributed by atoms with Crippen molar-refractivity contribution >= 4 is 37.3 Å². The number of nitrogens with two attached hydrogens (primary N) is 1. The van der Waals surface area contributed by atoms with Crippen molar-refractivity contribution in [2.75, 3.05) is 10.5 Å². The van der Waals surface area contributed by atoms with Crippen molar-refractivity contribution in [1.82, 2.24) is 0 Å². The van der Waals surface area contributed by atoms with Gasteiger partial charge in [-0.3, -0.25) is 4.72 Å². The van der Waals surface area contributed by atoms with E-state index in [-0.39, 0.29) is 4.90 Å². The molecular formula is C13H13BrN2O2S. The third-order valence-electron chi connectivity index (χ3n) is 2.60. The molecule has 0 unspecified atom stereocenters. The maximum absolute atomic E-state index is 12.3. The van der Waals surface area contributed by atoms with Gasteiger partial charge in [0.2, 0.25) is 0 Å². The van der Waals surface area contributed by atoms with Gasteiger partial charge in [0.15, 0.2) is 0 Å². The van der Waals surface area contributed by atoms with Crippen LogP contribution in [0.2, 0.25) is 0 Å². The Labute approximate surface area is 120 Å². The van der Waals surface area contributed by atoms with Crippen LogP contribution in [0.15, 0.2) is 51.8 Å². The highest BCUT2D eigenvalue weighted by molar-refractivity contribution is 9.10. The number of halogens is 1. The molecule has 0 aromatic heterocycles. The first kappa shape index (κ1) is 13.9. The molecule has 0 aliphatic carbocycles. The van der Waals surface area contributed by atoms with Crippen LogP contribution >= 0.6 is 15.9 Å². The zero-order chi connectivity index (χ0) is 14.0. The van der Waals surface area contributed by atoms with Gasteiger partial charge in [-0.1, -0.05) is 22.0 Å². The minimum Gasteiger partial charge on any atom is -0.399 e. The molecule has 2 aromatic carbocycles. The fraction of sp³-hybridized carbons (Fsp3) is 0.0769. The standard InChI is InChI=1S/C13H13BrN2O2S/c1-9-2-5-11(15)8-13(9)19(17,18)16-12-6-3-10(14)4-7-12/h2-8,16H,15H2,1H3. The highest BCUT2D eigenvalue weighted by atomic mass is 79.9. The summed E-state index contributed by atoms with van der Waals surface area (Å²) < 4.78 is 28.0. The van der Waals surface area contributed by atoms with E-state index in [0.29, 0.717) is 16.9 Å². The second kappa shape index (κ2) is 5.22. The molecule has 0 amide bonds. The number of nitrogens with one attached hydrogen (secondary N) is 1. The summed E-state index contributed by atoms with van der Waals surface area (Å²) in [5.74, 6) is 0. The van der Waals surface area contributed by atoms with Crippen molar-refractivity contribution in [3.63, 3.8) is 0 Å². The Morgan fingerprint density at radius 1 is 1.11 bits per heavy atom. The average molecular weight is 341 g/mol. The highest BCUT2D eigenvalue weighted by Gasteiger charge is 2.17. The number of sulfonamides is 1. The smallest absolute Gasteiger partial charge is 0.262 e. The number of hydrogen-bond acceptors (Lipinski definition) is 3. The van der Waals surface area contributed by atoms with Gasteiger partial charge in [-0.2, -0.15) is 0 Å². The average Bonchev–Trinajstić information content (AvgIpc) is 2.35. The van der Waals surface area contributed by atoms with Crippen LogP contribution in [0.4, 0.5) is 11.4 Å². The number of aryl methyl sites for hydroxylation is 1. The summed E-state index contributed by atoms with van der Waals surface area (Å²) in [6, 6.07) is 11.7. The first-order valence-corrected chi connectivity index (χ1v) is 7.80. The third-order valence-corrected chi connectivity index (χ3v) is 4.65. The Balaban J connectivity index is 2.37. The number of anilines is 2. The summed E-state index contributed by atoms with van der Waals surface area (Å²) in [5, 5.41) is 0. The van der Waals surface area contributed by atoms with Crippen molar-refractivity contribution in [2.24, 2.45) is 0 Å². The molecule has 2 rings (SSSR count). The molecule has 0 aliphatic heterocycles. The molecule has 0 heterocycles. The van der Waals surface area contributed by atoms with Gasteiger partial charge in [-0.05, 0) is 48.9 Å². The van der Waals surface area contributed by atoms with Crippen molar-refractivity contribution in [3.05, 3.63) is 52.5 Å². The second-order valence-electron chi connectivity index (χ2n) is 4.14. The molecule has 0 aliphatic rings. The van der Waals surface area contributed by atoms with Gasteiger partial charge in [0, 0.05) is 15.8 Å². The van der Waals surface area contributed by atoms with E-state index in [2.05, 4.69) is 20.7 Å². The Hall–Kier alpha value is -1.53. The Kier molecular flexibility index (Phi) is 3.82. The van der Waals surface area contributed by atoms with E-state index in [1.807, 2.05) is 0 Å². The van der Waals surface area contributed by atoms with Crippen molar-refractivity contribution in [3.8, 4) is 0 Å². The largest absolute Gasteiger partial charge is 0.399 e. The molecule has 2 aromatic rings. The third kappa shape index (κ3) is 3.27. The molecule has 0 fully saturated rings. The molecule has 100 valence electrons. The number of rotatable bonds is 3. The molecule has 3 N–H and O–H groups in total. The van der Waals surface area contributed by atoms with Crippen LogP contribution in [0.3, 0.4) is 0 Å². The quantitative estimate of drug-likeness (QED) is 0.843. The number of hydrogen-bond donors (Lipinski definition) is 2. The fourth-order valence-electron chi connectivity index (χ4n) is 1.63. The summed E-state index contributed by atoms with van der Waals surface area (Å²) in [6.07, 6.45) is 0. The maximum Gasteiger partial charge on any atom is 0.262 e. The lowest BCUT2D eigenvalue weighted by atomic mass is 10.2. The lowest BCUT2D eigenvalue weighted by molar-refractivity contribution is 0.600. The van der Waals surface area contributed by atoms with Gasteiger partial charge in [0.1, 0.15) is 0 Å². The monoisotopic (exact) mass is 340 g/mol. The summed E-state index contributed by atoms with van der Waals surface area (Å²) in [7, 11) is -3.62. The molecule has 0 atom stereocenters. The van der Waals surface area contributed by atoms with Crippen molar-refractivity contribution < 1.29 is 8.42 Å². The molecule has 0 saturated carbocycles. The van der Waals surface area contributed by atoms with Gasteiger partial charge in [-0.25, -0.2) is 8.42 Å². The van der Waals surface area contributed by atoms with Crippen LogP contribution in [0.25, 0.3) is 0 Å². The molecule has 0 saturated heterocycles. The van der Waals surface area contributed by atoms with Crippen LogP contribution in [0, 0.1) is 6.92 Å². The van der Waals surface area contributed by atoms with Crippen molar-refractivity contribution in [1.29, 1.82) is 0 Å². The van der Waals surface area contributed by atoms with Gasteiger partial charge in [0.25, 0.3) is 10.0 Å². The van der Waals surface area contributed by atoms with Crippen LogP contribution in [0.1, 0.15) is 5.56 Å². The molecular weight excluding hydrogens is 328 g/mol. The summed E-state index contributed by atoms with van der Waals surface area (Å²) in [5.41, 5.74) is 7.21. The minimum absolute atomic E-state index is 0.190. The zero-order valence-corrected chi connectivity index (χ0v) is 12.6. The van der Waals surface area contributed by atoms with E-state index in [1.54, 1.807) is 43.3 Å². The Morgan fingerprint density at radius 3 is 2.37 bits per heavy atom. The van der Waals surface area contributed by atoms with Crippen LogP contribution in [-0.4, -0.2) is 8.42 Å². The normalized spacial score (nSPS) is 11.3. The number of nitrogen functional groups attached to an aromatic ring is 1. The van der Waals surface area contributed by atoms with E-state index in [0.717, 1.165) is 4.47 Å². The molecule has 6 heteroatoms. The molecule has 0 radical (unpaired) electrons. The van der Waals surface area contributed by atoms with Crippen LogP contribution < -0.4 is 10.5 Å². The van der Waals surface area contributed by atoms with Gasteiger partial charge >= 0.3 is 0 Å². The minimum atomic E-state index is -3.62. The SMILES string of the molecule is Cc1ccc(N)cc1S(=O)(=O)Nc1ccc(Br)cc1. The second-order valence-corrected chi connectivity index (χ2v) is 6.70. The van der Waals surface area contributed by atoms with E-state index in [4.69, 9.17) is 5.73 Å². The predicted octanol–water partition coefficient (Wildman–Crippen LogP) is 3.14.